The van der Waals surface area contributed by atoms with Gasteiger partial charge in [0.25, 0.3) is 0 Å². The Kier molecular flexibility index (Phi) is 2.03. The van der Waals surface area contributed by atoms with Crippen molar-refractivity contribution >= 4 is 0 Å². The third-order valence-electron chi connectivity index (χ3n) is 3.25. The van der Waals surface area contributed by atoms with Gasteiger partial charge in [-0.2, -0.15) is 0 Å². The molecule has 0 aliphatic carbocycles. The first-order chi connectivity index (χ1) is 6.90. The molecular weight excluding hydrogens is 172 g/mol. The van der Waals surface area contributed by atoms with E-state index >= 15 is 0 Å². The fourth-order valence-corrected chi connectivity index (χ4v) is 2.58. The lowest BCUT2D eigenvalue weighted by Crippen LogP contribution is -2.66. The van der Waals surface area contributed by atoms with Crippen LogP contribution in [0.2, 0.25) is 0 Å². The number of piperazine rings is 1. The molecule has 0 saturated carbocycles. The predicted molar refractivity (Wildman–Crippen MR) is 57.0 cm³/mol. The Labute approximate surface area is 84.9 Å². The van der Waals surface area contributed by atoms with Gasteiger partial charge in [0, 0.05) is 31.7 Å². The van der Waals surface area contributed by atoms with E-state index in [0.29, 0.717) is 0 Å². The summed E-state index contributed by atoms with van der Waals surface area (Å²) in [7, 11) is 0. The average molecular weight is 188 g/mol. The van der Waals surface area contributed by atoms with Gasteiger partial charge in [0.15, 0.2) is 0 Å². The highest BCUT2D eigenvalue weighted by Gasteiger charge is 2.35. The van der Waals surface area contributed by atoms with Gasteiger partial charge < -0.3 is 5.32 Å². The topological polar surface area (TPSA) is 15.3 Å². The van der Waals surface area contributed by atoms with Crippen molar-refractivity contribution in [3.05, 3.63) is 35.9 Å². The summed E-state index contributed by atoms with van der Waals surface area (Å²) in [5, 5.41) is 3.55. The minimum Gasteiger partial charge on any atom is -0.309 e. The summed E-state index contributed by atoms with van der Waals surface area (Å²) in [6.07, 6.45) is 1.39. The van der Waals surface area contributed by atoms with Crippen LogP contribution in [-0.2, 0) is 6.54 Å². The normalized spacial score (nSPS) is 31.1. The first-order valence-electron chi connectivity index (χ1n) is 5.42. The third kappa shape index (κ3) is 1.56. The van der Waals surface area contributed by atoms with Crippen molar-refractivity contribution in [2.45, 2.75) is 25.0 Å². The lowest BCUT2D eigenvalue weighted by Gasteiger charge is -2.48. The Morgan fingerprint density at radius 3 is 2.43 bits per heavy atom. The Hall–Kier alpha value is -0.860. The summed E-state index contributed by atoms with van der Waals surface area (Å²) in [5.41, 5.74) is 1.44. The first kappa shape index (κ1) is 8.45. The summed E-state index contributed by atoms with van der Waals surface area (Å²) in [5.74, 6) is 0. The molecule has 2 atom stereocenters. The number of nitrogens with one attached hydrogen (secondary N) is 1. The quantitative estimate of drug-likeness (QED) is 0.751. The molecule has 3 fully saturated rings. The third-order valence-corrected chi connectivity index (χ3v) is 3.25. The second-order valence-corrected chi connectivity index (χ2v) is 4.48. The molecule has 2 nitrogen and oxygen atoms in total. The van der Waals surface area contributed by atoms with Crippen molar-refractivity contribution in [3.8, 4) is 0 Å². The molecule has 2 heteroatoms. The van der Waals surface area contributed by atoms with Crippen molar-refractivity contribution in [1.29, 1.82) is 0 Å². The van der Waals surface area contributed by atoms with Gasteiger partial charge in [-0.05, 0) is 12.0 Å². The van der Waals surface area contributed by atoms with Crippen molar-refractivity contribution in [3.63, 3.8) is 0 Å². The average Bonchev–Trinajstić information content (AvgIpc) is 2.18. The standard InChI is InChI=1S/C12H16N2/c1-2-4-10(5-3-1)7-14-8-11-6-12(9-14)13-11/h1-5,11-13H,6-9H2/t11-,12?/m0/s1. The highest BCUT2D eigenvalue weighted by molar-refractivity contribution is 5.15. The van der Waals surface area contributed by atoms with Crippen LogP contribution >= 0.6 is 0 Å². The van der Waals surface area contributed by atoms with E-state index in [2.05, 4.69) is 40.5 Å². The molecule has 1 unspecified atom stereocenters. The van der Waals surface area contributed by atoms with E-state index in [1.165, 1.54) is 25.1 Å². The second-order valence-electron chi connectivity index (χ2n) is 4.48. The van der Waals surface area contributed by atoms with Gasteiger partial charge >= 0.3 is 0 Å². The van der Waals surface area contributed by atoms with Crippen molar-refractivity contribution in [1.82, 2.24) is 10.2 Å². The number of piperidine rings is 1. The molecular formula is C12H16N2. The molecule has 3 saturated heterocycles. The molecule has 4 rings (SSSR count). The lowest BCUT2D eigenvalue weighted by molar-refractivity contribution is 0.0726. The van der Waals surface area contributed by atoms with Crippen LogP contribution < -0.4 is 5.32 Å². The molecule has 3 aliphatic rings. The fraction of sp³-hybridized carbons (Fsp3) is 0.500. The van der Waals surface area contributed by atoms with E-state index in [0.717, 1.165) is 18.6 Å². The minimum absolute atomic E-state index is 0.775. The highest BCUT2D eigenvalue weighted by Crippen LogP contribution is 2.21. The minimum atomic E-state index is 0.775. The lowest BCUT2D eigenvalue weighted by atomic mass is 9.91. The smallest absolute Gasteiger partial charge is 0.0235 e. The highest BCUT2D eigenvalue weighted by atomic mass is 15.3. The molecule has 14 heavy (non-hydrogen) atoms. The number of fused-ring (bicyclic) bond motifs is 2. The Morgan fingerprint density at radius 1 is 1.14 bits per heavy atom. The van der Waals surface area contributed by atoms with Crippen molar-refractivity contribution in [2.24, 2.45) is 0 Å². The van der Waals surface area contributed by atoms with Crippen molar-refractivity contribution in [2.75, 3.05) is 13.1 Å². The van der Waals surface area contributed by atoms with Gasteiger partial charge in [-0.25, -0.2) is 0 Å². The molecule has 0 amide bonds. The maximum absolute atomic E-state index is 3.55. The maximum atomic E-state index is 3.55. The van der Waals surface area contributed by atoms with E-state index in [-0.39, 0.29) is 0 Å². The Balaban J connectivity index is 1.63. The largest absolute Gasteiger partial charge is 0.309 e. The van der Waals surface area contributed by atoms with Crippen LogP contribution in [0.15, 0.2) is 30.3 Å². The van der Waals surface area contributed by atoms with Gasteiger partial charge in [-0.3, -0.25) is 4.90 Å². The molecule has 3 aliphatic heterocycles. The first-order valence-corrected chi connectivity index (χ1v) is 5.42. The van der Waals surface area contributed by atoms with Gasteiger partial charge in [0.1, 0.15) is 0 Å². The molecule has 74 valence electrons. The van der Waals surface area contributed by atoms with Gasteiger partial charge in [0.05, 0.1) is 0 Å². The molecule has 1 N–H and O–H groups in total. The zero-order valence-electron chi connectivity index (χ0n) is 8.32. The molecule has 0 spiro atoms. The van der Waals surface area contributed by atoms with Crippen LogP contribution in [0.25, 0.3) is 0 Å². The van der Waals surface area contributed by atoms with E-state index < -0.39 is 0 Å². The van der Waals surface area contributed by atoms with Gasteiger partial charge in [-0.15, -0.1) is 0 Å². The number of hydrogen-bond acceptors (Lipinski definition) is 2. The summed E-state index contributed by atoms with van der Waals surface area (Å²) >= 11 is 0. The van der Waals surface area contributed by atoms with E-state index in [4.69, 9.17) is 0 Å². The van der Waals surface area contributed by atoms with Crippen LogP contribution in [0, 0.1) is 0 Å². The predicted octanol–water partition coefficient (Wildman–Crippen LogP) is 1.23. The molecule has 3 heterocycles. The summed E-state index contributed by atoms with van der Waals surface area (Å²) in [4.78, 5) is 2.56. The Bertz CT molecular complexity index is 293. The Morgan fingerprint density at radius 2 is 1.79 bits per heavy atom. The van der Waals surface area contributed by atoms with Crippen LogP contribution in [0.1, 0.15) is 12.0 Å². The maximum Gasteiger partial charge on any atom is 0.0235 e. The second kappa shape index (κ2) is 3.37. The van der Waals surface area contributed by atoms with Gasteiger partial charge in [-0.1, -0.05) is 30.3 Å². The van der Waals surface area contributed by atoms with Gasteiger partial charge in [0.2, 0.25) is 0 Å². The molecule has 1 aromatic rings. The number of rotatable bonds is 2. The van der Waals surface area contributed by atoms with Crippen LogP contribution in [0.5, 0.6) is 0 Å². The van der Waals surface area contributed by atoms with E-state index in [1.807, 2.05) is 0 Å². The summed E-state index contributed by atoms with van der Waals surface area (Å²) in [6.45, 7) is 3.58. The number of nitrogens with zero attached hydrogens (tertiary/aromatic N) is 1. The van der Waals surface area contributed by atoms with Crippen LogP contribution in [-0.4, -0.2) is 30.1 Å². The monoisotopic (exact) mass is 188 g/mol. The zero-order valence-corrected chi connectivity index (χ0v) is 8.32. The number of hydrogen-bond donors (Lipinski definition) is 1. The summed E-state index contributed by atoms with van der Waals surface area (Å²) < 4.78 is 0. The van der Waals surface area contributed by atoms with E-state index in [9.17, 15) is 0 Å². The fourth-order valence-electron chi connectivity index (χ4n) is 2.58. The van der Waals surface area contributed by atoms with Crippen molar-refractivity contribution < 1.29 is 0 Å². The summed E-state index contributed by atoms with van der Waals surface area (Å²) in [6, 6.07) is 12.3. The van der Waals surface area contributed by atoms with Crippen LogP contribution in [0.3, 0.4) is 0 Å². The molecule has 1 aromatic carbocycles. The SMILES string of the molecule is c1ccc(CN2CC3C[C@@H](C2)N3)cc1. The molecule has 2 bridgehead atoms. The van der Waals surface area contributed by atoms with E-state index in [1.54, 1.807) is 0 Å². The van der Waals surface area contributed by atoms with Crippen LogP contribution in [0.4, 0.5) is 0 Å². The molecule has 0 aromatic heterocycles. The number of benzene rings is 1. The zero-order chi connectivity index (χ0) is 9.38. The molecule has 0 radical (unpaired) electrons.